The van der Waals surface area contributed by atoms with E-state index in [9.17, 15) is 9.59 Å². The first-order valence-corrected chi connectivity index (χ1v) is 12.0. The van der Waals surface area contributed by atoms with E-state index >= 15 is 0 Å². The molecule has 3 aliphatic rings. The fraction of sp³-hybridized carbons (Fsp3) is 0.864. The normalized spacial score (nSPS) is 20.8. The quantitative estimate of drug-likeness (QED) is 0.198. The highest BCUT2D eigenvalue weighted by Crippen LogP contribution is 2.26. The molecule has 0 atom stereocenters. The molecule has 3 rings (SSSR count). The molecule has 31 heavy (non-hydrogen) atoms. The Bertz CT molecular complexity index is 589. The van der Waals surface area contributed by atoms with E-state index in [1.807, 2.05) is 4.90 Å². The Balaban J connectivity index is 0.00000341. The second kappa shape index (κ2) is 14.1. The first-order valence-electron chi connectivity index (χ1n) is 12.0. The summed E-state index contributed by atoms with van der Waals surface area (Å²) in [5, 5.41) is 6.72. The summed E-state index contributed by atoms with van der Waals surface area (Å²) in [5.74, 6) is 1.82. The van der Waals surface area contributed by atoms with E-state index in [1.165, 1.54) is 12.8 Å². The van der Waals surface area contributed by atoms with Crippen molar-refractivity contribution in [3.63, 3.8) is 0 Å². The Labute approximate surface area is 204 Å². The van der Waals surface area contributed by atoms with E-state index in [1.54, 1.807) is 0 Å². The topological polar surface area (TPSA) is 80.3 Å². The Morgan fingerprint density at radius 1 is 1.03 bits per heavy atom. The summed E-state index contributed by atoms with van der Waals surface area (Å²) in [6, 6.07) is 0. The summed E-state index contributed by atoms with van der Waals surface area (Å²) < 4.78 is 0. The predicted octanol–water partition coefficient (Wildman–Crippen LogP) is 1.51. The molecule has 0 spiro atoms. The lowest BCUT2D eigenvalue weighted by Crippen LogP contribution is -2.51. The number of aliphatic imine (C=N–C) groups is 1. The number of rotatable bonds is 9. The molecule has 1 saturated carbocycles. The lowest BCUT2D eigenvalue weighted by molar-refractivity contribution is -0.137. The second-order valence-electron chi connectivity index (χ2n) is 8.67. The van der Waals surface area contributed by atoms with Gasteiger partial charge in [0, 0.05) is 77.8 Å². The first kappa shape index (κ1) is 26.2. The van der Waals surface area contributed by atoms with Crippen LogP contribution in [0, 0.1) is 5.92 Å². The van der Waals surface area contributed by atoms with Crippen LogP contribution in [0.2, 0.25) is 0 Å². The van der Waals surface area contributed by atoms with Crippen LogP contribution in [0.1, 0.15) is 51.9 Å². The van der Waals surface area contributed by atoms with E-state index in [4.69, 9.17) is 0 Å². The zero-order chi connectivity index (χ0) is 21.2. The molecule has 178 valence electrons. The van der Waals surface area contributed by atoms with E-state index in [0.29, 0.717) is 18.2 Å². The number of hydrogen-bond donors (Lipinski definition) is 2. The Morgan fingerprint density at radius 2 is 1.77 bits per heavy atom. The molecule has 2 aliphatic heterocycles. The van der Waals surface area contributed by atoms with Gasteiger partial charge in [0.05, 0.1) is 0 Å². The molecule has 3 fully saturated rings. The molecule has 2 heterocycles. The van der Waals surface area contributed by atoms with Crippen molar-refractivity contribution >= 4 is 41.8 Å². The van der Waals surface area contributed by atoms with Crippen molar-refractivity contribution in [3.8, 4) is 0 Å². The molecule has 1 aliphatic carbocycles. The van der Waals surface area contributed by atoms with Gasteiger partial charge in [-0.25, -0.2) is 0 Å². The molecule has 0 aromatic carbocycles. The molecule has 0 bridgehead atoms. The van der Waals surface area contributed by atoms with Crippen LogP contribution in [-0.4, -0.2) is 97.9 Å². The fourth-order valence-corrected chi connectivity index (χ4v) is 4.69. The van der Waals surface area contributed by atoms with Crippen LogP contribution in [0.5, 0.6) is 0 Å². The SMILES string of the molecule is CCNC(=NCCCN1CCCC1=O)NCCN1CCN(C(=O)C2CCCC2)CC1.I. The summed E-state index contributed by atoms with van der Waals surface area (Å²) in [5.41, 5.74) is 0. The van der Waals surface area contributed by atoms with Gasteiger partial charge in [-0.15, -0.1) is 24.0 Å². The van der Waals surface area contributed by atoms with Gasteiger partial charge in [-0.1, -0.05) is 12.8 Å². The van der Waals surface area contributed by atoms with E-state index in [-0.39, 0.29) is 29.9 Å². The first-order chi connectivity index (χ1) is 14.7. The average Bonchev–Trinajstić information content (AvgIpc) is 3.43. The minimum atomic E-state index is 0. The molecule has 0 unspecified atom stereocenters. The molecular formula is C22H41IN6O2. The molecule has 9 heteroatoms. The minimum absolute atomic E-state index is 0. The number of carbonyl (C=O) groups excluding carboxylic acids is 2. The van der Waals surface area contributed by atoms with Crippen LogP contribution in [0.4, 0.5) is 0 Å². The van der Waals surface area contributed by atoms with Crippen LogP contribution in [-0.2, 0) is 9.59 Å². The number of piperazine rings is 1. The molecule has 2 saturated heterocycles. The smallest absolute Gasteiger partial charge is 0.225 e. The lowest BCUT2D eigenvalue weighted by Gasteiger charge is -2.36. The minimum Gasteiger partial charge on any atom is -0.357 e. The van der Waals surface area contributed by atoms with Crippen molar-refractivity contribution in [2.75, 3.05) is 65.4 Å². The standard InChI is InChI=1S/C22H40N6O2.HI/c1-2-23-22(24-10-6-13-27-12-5-9-20(27)29)25-11-14-26-15-17-28(18-16-26)21(30)19-7-3-4-8-19;/h19H,2-18H2,1H3,(H2,23,24,25);1H. The number of guanidine groups is 1. The van der Waals surface area contributed by atoms with Crippen LogP contribution in [0.3, 0.4) is 0 Å². The van der Waals surface area contributed by atoms with Crippen molar-refractivity contribution in [1.82, 2.24) is 25.3 Å². The monoisotopic (exact) mass is 548 g/mol. The van der Waals surface area contributed by atoms with Gasteiger partial charge in [0.15, 0.2) is 5.96 Å². The van der Waals surface area contributed by atoms with Gasteiger partial charge >= 0.3 is 0 Å². The Morgan fingerprint density at radius 3 is 2.42 bits per heavy atom. The summed E-state index contributed by atoms with van der Waals surface area (Å²) in [6.07, 6.45) is 7.21. The van der Waals surface area contributed by atoms with Gasteiger partial charge in [0.1, 0.15) is 0 Å². The maximum atomic E-state index is 12.6. The number of nitrogens with one attached hydrogen (secondary N) is 2. The number of hydrogen-bond acceptors (Lipinski definition) is 4. The van der Waals surface area contributed by atoms with Gasteiger partial charge < -0.3 is 20.4 Å². The predicted molar refractivity (Wildman–Crippen MR) is 135 cm³/mol. The van der Waals surface area contributed by atoms with Crippen LogP contribution < -0.4 is 10.6 Å². The summed E-state index contributed by atoms with van der Waals surface area (Å²) >= 11 is 0. The number of amides is 2. The molecule has 0 aromatic rings. The van der Waals surface area contributed by atoms with Crippen LogP contribution >= 0.6 is 24.0 Å². The third-order valence-corrected chi connectivity index (χ3v) is 6.48. The van der Waals surface area contributed by atoms with Gasteiger partial charge in [-0.3, -0.25) is 19.5 Å². The third kappa shape index (κ3) is 8.40. The fourth-order valence-electron chi connectivity index (χ4n) is 4.69. The zero-order valence-corrected chi connectivity index (χ0v) is 21.4. The Kier molecular flexibility index (Phi) is 11.9. The Hall–Kier alpha value is -1.10. The van der Waals surface area contributed by atoms with Gasteiger partial charge in [0.2, 0.25) is 11.8 Å². The number of halogens is 1. The highest BCUT2D eigenvalue weighted by molar-refractivity contribution is 14.0. The largest absolute Gasteiger partial charge is 0.357 e. The second-order valence-corrected chi connectivity index (χ2v) is 8.67. The van der Waals surface area contributed by atoms with Crippen molar-refractivity contribution in [3.05, 3.63) is 0 Å². The van der Waals surface area contributed by atoms with E-state index < -0.39 is 0 Å². The number of likely N-dealkylation sites (tertiary alicyclic amines) is 1. The molecule has 2 amide bonds. The molecule has 0 aromatic heterocycles. The van der Waals surface area contributed by atoms with Crippen molar-refractivity contribution in [2.24, 2.45) is 10.9 Å². The number of nitrogens with zero attached hydrogens (tertiary/aromatic N) is 4. The maximum Gasteiger partial charge on any atom is 0.225 e. The molecule has 0 radical (unpaired) electrons. The van der Waals surface area contributed by atoms with Gasteiger partial charge in [-0.2, -0.15) is 0 Å². The van der Waals surface area contributed by atoms with E-state index in [0.717, 1.165) is 97.1 Å². The number of carbonyl (C=O) groups is 2. The van der Waals surface area contributed by atoms with Crippen molar-refractivity contribution in [2.45, 2.75) is 51.9 Å². The summed E-state index contributed by atoms with van der Waals surface area (Å²) in [6.45, 7) is 10.8. The van der Waals surface area contributed by atoms with Crippen molar-refractivity contribution in [1.29, 1.82) is 0 Å². The molecular weight excluding hydrogens is 507 g/mol. The third-order valence-electron chi connectivity index (χ3n) is 6.48. The zero-order valence-electron chi connectivity index (χ0n) is 19.1. The molecule has 8 nitrogen and oxygen atoms in total. The van der Waals surface area contributed by atoms with Crippen LogP contribution in [0.15, 0.2) is 4.99 Å². The highest BCUT2D eigenvalue weighted by atomic mass is 127. The van der Waals surface area contributed by atoms with Gasteiger partial charge in [-0.05, 0) is 32.6 Å². The lowest BCUT2D eigenvalue weighted by atomic mass is 10.1. The van der Waals surface area contributed by atoms with Gasteiger partial charge in [0.25, 0.3) is 0 Å². The molecule has 2 N–H and O–H groups in total. The average molecular weight is 549 g/mol. The summed E-state index contributed by atoms with van der Waals surface area (Å²) in [7, 11) is 0. The highest BCUT2D eigenvalue weighted by Gasteiger charge is 2.29. The summed E-state index contributed by atoms with van der Waals surface area (Å²) in [4.78, 5) is 35.3. The maximum absolute atomic E-state index is 12.6. The van der Waals surface area contributed by atoms with E-state index in [2.05, 4.69) is 32.3 Å². The van der Waals surface area contributed by atoms with Crippen molar-refractivity contribution < 1.29 is 9.59 Å². The van der Waals surface area contributed by atoms with Crippen LogP contribution in [0.25, 0.3) is 0 Å².